The molecule has 0 heterocycles. The second-order valence-electron chi connectivity index (χ2n) is 6.43. The van der Waals surface area contributed by atoms with E-state index in [-0.39, 0.29) is 12.3 Å². The molecule has 4 N–H and O–H groups in total. The summed E-state index contributed by atoms with van der Waals surface area (Å²) in [6.07, 6.45) is 1.52. The van der Waals surface area contributed by atoms with Gasteiger partial charge in [0.1, 0.15) is 23.8 Å². The lowest BCUT2D eigenvalue weighted by Gasteiger charge is -2.10. The third-order valence-electron chi connectivity index (χ3n) is 3.96. The maximum absolute atomic E-state index is 11.6. The van der Waals surface area contributed by atoms with Gasteiger partial charge in [-0.2, -0.15) is 0 Å². The number of esters is 3. The lowest BCUT2D eigenvalue weighted by molar-refractivity contribution is -0.263. The van der Waals surface area contributed by atoms with E-state index in [0.717, 1.165) is 18.5 Å². The Morgan fingerprint density at radius 3 is 1.77 bits per heavy atom. The molecule has 2 aromatic carbocycles. The molecule has 13 heteroatoms. The minimum absolute atomic E-state index is 0.123. The van der Waals surface area contributed by atoms with Gasteiger partial charge in [-0.05, 0) is 30.3 Å². The molecule has 0 spiro atoms. The molecule has 0 fully saturated rings. The zero-order valence-corrected chi connectivity index (χ0v) is 23.5. The lowest BCUT2D eigenvalue weighted by Crippen LogP contribution is -2.14. The standard InChI is InChI=1S/C13H17NO5.C7H9NO.C6H6O4.CH4O/c1-16-11-6-4-5-10(9-11)14-12(13(15)17-2)7-8-19-18-3;1-9-7-4-2-3-6(8)5-7;1-9-5(7)3-4-6(8)10-2;1-2/h4-7,9,14H,8H2,1-3H3;2-5H,8H2,1H3;1-2H3;2H,1H3/b12-7-;;;. The van der Waals surface area contributed by atoms with Crippen molar-refractivity contribution >= 4 is 29.3 Å². The molecule has 0 aromatic heterocycles. The molecule has 2 rings (SSSR count). The normalized spacial score (nSPS) is 9.15. The van der Waals surface area contributed by atoms with Crippen LogP contribution >= 0.6 is 0 Å². The zero-order valence-electron chi connectivity index (χ0n) is 23.5. The van der Waals surface area contributed by atoms with Crippen LogP contribution in [0, 0.1) is 11.8 Å². The van der Waals surface area contributed by atoms with E-state index in [1.54, 1.807) is 38.5 Å². The van der Waals surface area contributed by atoms with E-state index in [1.165, 1.54) is 34.5 Å². The van der Waals surface area contributed by atoms with Crippen molar-refractivity contribution < 1.29 is 52.9 Å². The average Bonchev–Trinajstić information content (AvgIpc) is 3.00. The number of carbonyl (C=O) groups excluding carboxylic acids is 3. The van der Waals surface area contributed by atoms with Crippen molar-refractivity contribution in [2.45, 2.75) is 0 Å². The van der Waals surface area contributed by atoms with E-state index in [4.69, 9.17) is 25.2 Å². The summed E-state index contributed by atoms with van der Waals surface area (Å²) in [6.45, 7) is 0.123. The fourth-order valence-corrected chi connectivity index (χ4v) is 2.18. The highest BCUT2D eigenvalue weighted by molar-refractivity contribution is 5.98. The topological polar surface area (TPSA) is 174 Å². The van der Waals surface area contributed by atoms with Crippen molar-refractivity contribution in [2.24, 2.45) is 0 Å². The van der Waals surface area contributed by atoms with E-state index in [0.29, 0.717) is 11.4 Å². The first-order chi connectivity index (χ1) is 19.2. The number of aliphatic hydroxyl groups is 1. The zero-order chi connectivity index (χ0) is 30.8. The molecule has 13 nitrogen and oxygen atoms in total. The van der Waals surface area contributed by atoms with Crippen LogP contribution < -0.4 is 20.5 Å². The summed E-state index contributed by atoms with van der Waals surface area (Å²) in [6, 6.07) is 14.5. The summed E-state index contributed by atoms with van der Waals surface area (Å²) in [5, 5.41) is 9.93. The molecular formula is C27H36N2O11. The first-order valence-corrected chi connectivity index (χ1v) is 11.1. The number of ether oxygens (including phenoxy) is 5. The van der Waals surface area contributed by atoms with Crippen molar-refractivity contribution in [3.05, 3.63) is 60.3 Å². The molecule has 0 aliphatic heterocycles. The molecular weight excluding hydrogens is 528 g/mol. The Kier molecular flexibility index (Phi) is 23.0. The maximum Gasteiger partial charge on any atom is 0.384 e. The summed E-state index contributed by atoms with van der Waals surface area (Å²) in [7, 11) is 9.24. The quantitative estimate of drug-likeness (QED) is 0.0489. The van der Waals surface area contributed by atoms with Gasteiger partial charge in [-0.25, -0.2) is 24.2 Å². The van der Waals surface area contributed by atoms with E-state index in [2.05, 4.69) is 24.4 Å². The first kappa shape index (κ1) is 37.4. The second-order valence-corrected chi connectivity index (χ2v) is 6.43. The van der Waals surface area contributed by atoms with E-state index >= 15 is 0 Å². The van der Waals surface area contributed by atoms with Crippen molar-refractivity contribution in [3.63, 3.8) is 0 Å². The highest BCUT2D eigenvalue weighted by Gasteiger charge is 2.10. The van der Waals surface area contributed by atoms with Crippen molar-refractivity contribution in [1.82, 2.24) is 0 Å². The number of nitrogens with one attached hydrogen (secondary N) is 1. The molecule has 0 bridgehead atoms. The molecule has 0 aliphatic carbocycles. The highest BCUT2D eigenvalue weighted by Crippen LogP contribution is 2.18. The Balaban J connectivity index is 0. The van der Waals surface area contributed by atoms with Crippen LogP contribution in [0.25, 0.3) is 0 Å². The van der Waals surface area contributed by atoms with Crippen LogP contribution in [0.2, 0.25) is 0 Å². The maximum atomic E-state index is 11.6. The molecule has 220 valence electrons. The van der Waals surface area contributed by atoms with Crippen LogP contribution in [0.15, 0.2) is 60.3 Å². The number of rotatable bonds is 8. The summed E-state index contributed by atoms with van der Waals surface area (Å²) in [5.74, 6) is 3.26. The summed E-state index contributed by atoms with van der Waals surface area (Å²) < 4.78 is 22.9. The lowest BCUT2D eigenvalue weighted by atomic mass is 10.3. The average molecular weight is 565 g/mol. The number of benzene rings is 2. The Morgan fingerprint density at radius 1 is 0.825 bits per heavy atom. The molecule has 0 saturated heterocycles. The van der Waals surface area contributed by atoms with Gasteiger partial charge in [-0.3, -0.25) is 0 Å². The van der Waals surface area contributed by atoms with Gasteiger partial charge in [0, 0.05) is 42.5 Å². The van der Waals surface area contributed by atoms with Crippen LogP contribution in [0.1, 0.15) is 0 Å². The largest absolute Gasteiger partial charge is 0.497 e. The Labute approximate surface area is 233 Å². The fourth-order valence-electron chi connectivity index (χ4n) is 2.18. The predicted molar refractivity (Wildman–Crippen MR) is 147 cm³/mol. The van der Waals surface area contributed by atoms with Crippen LogP contribution in [-0.4, -0.2) is 79.4 Å². The molecule has 0 atom stereocenters. The third-order valence-corrected chi connectivity index (χ3v) is 3.96. The van der Waals surface area contributed by atoms with Crippen LogP contribution in [-0.2, 0) is 38.4 Å². The van der Waals surface area contributed by atoms with Crippen LogP contribution in [0.3, 0.4) is 0 Å². The van der Waals surface area contributed by atoms with Crippen LogP contribution in [0.5, 0.6) is 11.5 Å². The number of hydrogen-bond acceptors (Lipinski definition) is 13. The summed E-state index contributed by atoms with van der Waals surface area (Å²) in [5.41, 5.74) is 7.14. The Hall–Kier alpha value is -4.77. The van der Waals surface area contributed by atoms with Gasteiger partial charge in [0.05, 0.1) is 42.7 Å². The monoisotopic (exact) mass is 564 g/mol. The minimum Gasteiger partial charge on any atom is -0.497 e. The number of methoxy groups -OCH3 is 5. The molecule has 0 unspecified atom stereocenters. The fraction of sp³-hybridized carbons (Fsp3) is 0.296. The van der Waals surface area contributed by atoms with Crippen LogP contribution in [0.4, 0.5) is 11.4 Å². The molecule has 0 radical (unpaired) electrons. The van der Waals surface area contributed by atoms with E-state index < -0.39 is 17.9 Å². The Bertz CT molecular complexity index is 1090. The van der Waals surface area contributed by atoms with Gasteiger partial charge in [0.2, 0.25) is 0 Å². The molecule has 0 aliphatic rings. The first-order valence-electron chi connectivity index (χ1n) is 11.1. The van der Waals surface area contributed by atoms with Gasteiger partial charge >= 0.3 is 17.9 Å². The van der Waals surface area contributed by atoms with E-state index in [9.17, 15) is 14.4 Å². The van der Waals surface area contributed by atoms with Gasteiger partial charge in [-0.1, -0.05) is 12.1 Å². The SMILES string of the molecule is CO.COC(=O)C#CC(=O)OC.COOC/C=C(\Nc1cccc(OC)c1)C(=O)OC.COc1cccc(N)c1. The number of nitrogens with two attached hydrogens (primary N) is 1. The van der Waals surface area contributed by atoms with Gasteiger partial charge in [-0.15, -0.1) is 0 Å². The third kappa shape index (κ3) is 18.5. The molecule has 2 aromatic rings. The smallest absolute Gasteiger partial charge is 0.384 e. The van der Waals surface area contributed by atoms with Crippen molar-refractivity contribution in [1.29, 1.82) is 0 Å². The number of anilines is 2. The summed E-state index contributed by atoms with van der Waals surface area (Å²) in [4.78, 5) is 41.2. The van der Waals surface area contributed by atoms with Gasteiger partial charge in [0.15, 0.2) is 0 Å². The van der Waals surface area contributed by atoms with Crippen molar-refractivity contribution in [3.8, 4) is 23.3 Å². The molecule has 40 heavy (non-hydrogen) atoms. The number of nitrogen functional groups attached to an aromatic ring is 1. The van der Waals surface area contributed by atoms with Crippen molar-refractivity contribution in [2.75, 3.05) is 67.4 Å². The molecule has 0 saturated carbocycles. The summed E-state index contributed by atoms with van der Waals surface area (Å²) >= 11 is 0. The second kappa shape index (κ2) is 24.6. The predicted octanol–water partition coefficient (Wildman–Crippen LogP) is 1.96. The molecule has 0 amide bonds. The van der Waals surface area contributed by atoms with E-state index in [1.807, 2.05) is 36.1 Å². The minimum atomic E-state index is -0.759. The van der Waals surface area contributed by atoms with Gasteiger partial charge in [0.25, 0.3) is 0 Å². The van der Waals surface area contributed by atoms with Gasteiger partial charge < -0.3 is 39.8 Å². The highest BCUT2D eigenvalue weighted by atomic mass is 17.2. The number of hydrogen-bond donors (Lipinski definition) is 3. The Morgan fingerprint density at radius 2 is 1.35 bits per heavy atom. The number of carbonyl (C=O) groups is 3. The number of aliphatic hydroxyl groups excluding tert-OH is 1.